The van der Waals surface area contributed by atoms with Gasteiger partial charge in [0.05, 0.1) is 30.0 Å². The third-order valence-corrected chi connectivity index (χ3v) is 5.98. The molecule has 1 N–H and O–H groups in total. The minimum Gasteiger partial charge on any atom is -0.492 e. The van der Waals surface area contributed by atoms with E-state index < -0.39 is 5.97 Å². The van der Waals surface area contributed by atoms with Crippen LogP contribution in [0.25, 0.3) is 28.4 Å². The van der Waals surface area contributed by atoms with Crippen LogP contribution in [0, 0.1) is 17.2 Å². The Morgan fingerprint density at radius 2 is 2.12 bits per heavy atom. The van der Waals surface area contributed by atoms with Gasteiger partial charge in [0.25, 0.3) is 5.89 Å². The quantitative estimate of drug-likeness (QED) is 0.640. The molecule has 2 atom stereocenters. The second kappa shape index (κ2) is 7.93. The van der Waals surface area contributed by atoms with Gasteiger partial charge in [0.2, 0.25) is 5.82 Å². The highest BCUT2D eigenvalue weighted by Gasteiger charge is 2.35. The number of benzene rings is 2. The van der Waals surface area contributed by atoms with Gasteiger partial charge in [-0.1, -0.05) is 5.16 Å². The fraction of sp³-hybridized carbons (Fsp3) is 0.292. The number of hydrogen-bond donors (Lipinski definition) is 1. The summed E-state index contributed by atoms with van der Waals surface area (Å²) in [5.41, 5.74) is 3.04. The molecule has 1 aliphatic heterocycles. The Bertz CT molecular complexity index is 1390. The number of ether oxygens (including phenoxy) is 1. The molecule has 160 valence electrons. The van der Waals surface area contributed by atoms with Crippen LogP contribution in [0.5, 0.6) is 5.75 Å². The number of aromatic nitrogens is 2. The number of nitrogens with zero attached hydrogens (tertiary/aromatic N) is 4. The van der Waals surface area contributed by atoms with Crippen molar-refractivity contribution in [1.82, 2.24) is 10.1 Å². The molecule has 0 saturated heterocycles. The molecule has 3 aromatic rings. The van der Waals surface area contributed by atoms with Crippen molar-refractivity contribution < 1.29 is 19.2 Å². The molecule has 1 saturated carbocycles. The number of hydrogen-bond acceptors (Lipinski definition) is 7. The maximum Gasteiger partial charge on any atom is 0.303 e. The zero-order chi connectivity index (χ0) is 22.2. The lowest BCUT2D eigenvalue weighted by Gasteiger charge is -2.11. The first kappa shape index (κ1) is 19.9. The number of fused-ring (bicyclic) bond motifs is 2. The molecule has 2 aromatic carbocycles. The van der Waals surface area contributed by atoms with Crippen molar-refractivity contribution in [2.75, 3.05) is 6.61 Å². The van der Waals surface area contributed by atoms with E-state index in [-0.39, 0.29) is 18.4 Å². The molecule has 5 rings (SSSR count). The van der Waals surface area contributed by atoms with E-state index >= 15 is 0 Å². The molecule has 0 bridgehead atoms. The van der Waals surface area contributed by atoms with Gasteiger partial charge in [-0.15, -0.1) is 0 Å². The Kier molecular flexibility index (Phi) is 4.94. The molecule has 2 unspecified atom stereocenters. The van der Waals surface area contributed by atoms with Crippen molar-refractivity contribution in [2.45, 2.75) is 32.2 Å². The number of rotatable bonds is 6. The maximum atomic E-state index is 11.2. The van der Waals surface area contributed by atoms with Crippen LogP contribution in [-0.4, -0.2) is 33.9 Å². The molecule has 1 aromatic heterocycles. The number of carboxylic acid groups (broad SMARTS) is 1. The van der Waals surface area contributed by atoms with Gasteiger partial charge in [-0.25, -0.2) is 0 Å². The third-order valence-electron chi connectivity index (χ3n) is 5.98. The minimum atomic E-state index is -0.781. The van der Waals surface area contributed by atoms with E-state index in [0.717, 1.165) is 29.0 Å². The molecule has 1 fully saturated rings. The van der Waals surface area contributed by atoms with Gasteiger partial charge in [-0.2, -0.15) is 10.2 Å². The number of nitriles is 1. The van der Waals surface area contributed by atoms with Crippen LogP contribution in [0.1, 0.15) is 31.7 Å². The summed E-state index contributed by atoms with van der Waals surface area (Å²) in [5, 5.41) is 24.6. The first-order valence-electron chi connectivity index (χ1n) is 10.5. The van der Waals surface area contributed by atoms with Gasteiger partial charge in [0, 0.05) is 16.3 Å². The molecular weight excluding hydrogens is 408 g/mol. The Morgan fingerprint density at radius 1 is 1.28 bits per heavy atom. The van der Waals surface area contributed by atoms with Crippen LogP contribution in [0.15, 0.2) is 45.9 Å². The number of aliphatic carboxylic acids is 1. The predicted octanol–water partition coefficient (Wildman–Crippen LogP) is 2.71. The summed E-state index contributed by atoms with van der Waals surface area (Å²) < 4.78 is 10.9. The van der Waals surface area contributed by atoms with Crippen LogP contribution in [0.4, 0.5) is 0 Å². The van der Waals surface area contributed by atoms with E-state index in [1.54, 1.807) is 18.2 Å². The van der Waals surface area contributed by atoms with Gasteiger partial charge in [-0.05, 0) is 67.7 Å². The van der Waals surface area contributed by atoms with E-state index in [2.05, 4.69) is 16.2 Å². The van der Waals surface area contributed by atoms with Gasteiger partial charge in [-0.3, -0.25) is 9.79 Å². The highest BCUT2D eigenvalue weighted by molar-refractivity contribution is 5.70. The molecule has 2 aliphatic rings. The van der Waals surface area contributed by atoms with Crippen molar-refractivity contribution in [3.63, 3.8) is 0 Å². The Labute approximate surface area is 183 Å². The van der Waals surface area contributed by atoms with E-state index in [1.807, 2.05) is 25.1 Å². The van der Waals surface area contributed by atoms with Crippen LogP contribution in [0.3, 0.4) is 0 Å². The lowest BCUT2D eigenvalue weighted by Crippen LogP contribution is -2.22. The fourth-order valence-corrected chi connectivity index (χ4v) is 4.53. The molecule has 1 aliphatic carbocycles. The summed E-state index contributed by atoms with van der Waals surface area (Å²) in [6.07, 6.45) is 1.83. The second-order valence-electron chi connectivity index (χ2n) is 7.91. The van der Waals surface area contributed by atoms with Gasteiger partial charge < -0.3 is 14.4 Å². The predicted molar refractivity (Wildman–Crippen MR) is 114 cm³/mol. The topological polar surface area (TPSA) is 122 Å². The van der Waals surface area contributed by atoms with Crippen molar-refractivity contribution in [3.8, 4) is 34.7 Å². The van der Waals surface area contributed by atoms with E-state index in [4.69, 9.17) is 14.3 Å². The normalized spacial score (nSPS) is 18.6. The first-order valence-corrected chi connectivity index (χ1v) is 10.5. The summed E-state index contributed by atoms with van der Waals surface area (Å²) in [6.45, 7) is 2.34. The summed E-state index contributed by atoms with van der Waals surface area (Å²) in [5.74, 6) is 0.544. The average molecular weight is 428 g/mol. The van der Waals surface area contributed by atoms with E-state index in [1.165, 1.54) is 5.57 Å². The van der Waals surface area contributed by atoms with Crippen molar-refractivity contribution in [3.05, 3.63) is 52.5 Å². The monoisotopic (exact) mass is 428 g/mol. The molecule has 32 heavy (non-hydrogen) atoms. The second-order valence-corrected chi connectivity index (χ2v) is 7.91. The van der Waals surface area contributed by atoms with Crippen LogP contribution in [-0.2, 0) is 4.79 Å². The molecule has 8 heteroatoms. The number of carbonyl (C=O) groups is 1. The number of carboxylic acids is 1. The van der Waals surface area contributed by atoms with Crippen LogP contribution in [0.2, 0.25) is 0 Å². The lowest BCUT2D eigenvalue weighted by atomic mass is 9.99. The lowest BCUT2D eigenvalue weighted by molar-refractivity contribution is -0.138. The van der Waals surface area contributed by atoms with Crippen LogP contribution < -0.4 is 15.3 Å². The average Bonchev–Trinajstić information content (AvgIpc) is 3.50. The van der Waals surface area contributed by atoms with Gasteiger partial charge in [0.15, 0.2) is 0 Å². The molecule has 0 spiro atoms. The summed E-state index contributed by atoms with van der Waals surface area (Å²) >= 11 is 0. The smallest absolute Gasteiger partial charge is 0.303 e. The van der Waals surface area contributed by atoms with Crippen molar-refractivity contribution in [1.29, 1.82) is 5.26 Å². The van der Waals surface area contributed by atoms with E-state index in [0.29, 0.717) is 35.2 Å². The largest absolute Gasteiger partial charge is 0.492 e. The van der Waals surface area contributed by atoms with Gasteiger partial charge >= 0.3 is 5.97 Å². The van der Waals surface area contributed by atoms with Gasteiger partial charge in [0.1, 0.15) is 11.8 Å². The zero-order valence-electron chi connectivity index (χ0n) is 17.4. The Hall–Kier alpha value is -3.99. The zero-order valence-corrected chi connectivity index (χ0v) is 17.4. The van der Waals surface area contributed by atoms with Crippen LogP contribution >= 0.6 is 0 Å². The molecule has 0 radical (unpaired) electrons. The highest BCUT2D eigenvalue weighted by Crippen LogP contribution is 2.37. The minimum absolute atomic E-state index is 0.0455. The highest BCUT2D eigenvalue weighted by atomic mass is 16.5. The third kappa shape index (κ3) is 3.42. The summed E-state index contributed by atoms with van der Waals surface area (Å²) in [6, 6.07) is 13.1. The summed E-state index contributed by atoms with van der Waals surface area (Å²) in [4.78, 5) is 20.5. The molecule has 0 amide bonds. The Morgan fingerprint density at radius 3 is 2.91 bits per heavy atom. The Balaban J connectivity index is 1.47. The molecule has 2 heterocycles. The maximum absolute atomic E-state index is 11.2. The van der Waals surface area contributed by atoms with Crippen molar-refractivity contribution in [2.24, 2.45) is 10.9 Å². The SMILES string of the molecule is CCOc1ccc(-c2nc(-c3ccc4c(c3)=C3CCC(CC(=O)O)C3N=4)no2)cc1C#N. The molecular formula is C24H20N4O4. The van der Waals surface area contributed by atoms with E-state index in [9.17, 15) is 15.2 Å². The molecule has 8 nitrogen and oxygen atoms in total. The fourth-order valence-electron chi connectivity index (χ4n) is 4.53. The first-order chi connectivity index (χ1) is 15.6. The van der Waals surface area contributed by atoms with Crippen molar-refractivity contribution >= 4 is 11.5 Å². The summed E-state index contributed by atoms with van der Waals surface area (Å²) in [7, 11) is 0. The standard InChI is InChI=1S/C24H20N4O4/c1-2-31-20-8-5-15(9-16(20)12-25)24-27-23(28-32-24)14-4-7-19-18(10-14)17-6-3-13(11-21(29)30)22(17)26-19/h4-5,7-10,13,22H,2-3,6,11H2,1H3,(H,29,30).